The second-order valence-corrected chi connectivity index (χ2v) is 6.02. The molecule has 1 aliphatic rings. The number of guanidine groups is 1. The van der Waals surface area contributed by atoms with Crippen molar-refractivity contribution in [3.8, 4) is 17.6 Å². The normalized spacial score (nSPS) is 15.9. The summed E-state index contributed by atoms with van der Waals surface area (Å²) in [5.74, 6) is 1.80. The van der Waals surface area contributed by atoms with E-state index in [2.05, 4.69) is 16.4 Å². The molecule has 0 spiro atoms. The van der Waals surface area contributed by atoms with Gasteiger partial charge in [0.1, 0.15) is 11.5 Å². The molecule has 0 amide bonds. The quantitative estimate of drug-likeness (QED) is 0.646. The van der Waals surface area contributed by atoms with Crippen molar-refractivity contribution in [3.05, 3.63) is 54.6 Å². The molecular weight excluding hydrogens is 300 g/mol. The van der Waals surface area contributed by atoms with Gasteiger partial charge in [0.2, 0.25) is 0 Å². The summed E-state index contributed by atoms with van der Waals surface area (Å²) in [5.41, 5.74) is 6.42. The van der Waals surface area contributed by atoms with Gasteiger partial charge in [-0.05, 0) is 37.1 Å². The second-order valence-electron chi connectivity index (χ2n) is 6.02. The molecule has 0 bridgehead atoms. The number of nitriles is 1. The Labute approximate surface area is 141 Å². The highest BCUT2D eigenvalue weighted by atomic mass is 16.5. The van der Waals surface area contributed by atoms with Crippen molar-refractivity contribution >= 4 is 11.6 Å². The van der Waals surface area contributed by atoms with Crippen molar-refractivity contribution in [1.29, 1.82) is 5.26 Å². The third-order valence-corrected chi connectivity index (χ3v) is 4.19. The van der Waals surface area contributed by atoms with E-state index in [1.807, 2.05) is 54.6 Å². The van der Waals surface area contributed by atoms with Gasteiger partial charge in [-0.2, -0.15) is 5.26 Å². The van der Waals surface area contributed by atoms with Gasteiger partial charge in [0, 0.05) is 11.8 Å². The van der Waals surface area contributed by atoms with Gasteiger partial charge >= 0.3 is 0 Å². The van der Waals surface area contributed by atoms with Crippen LogP contribution in [-0.4, -0.2) is 12.5 Å². The average molecular weight is 320 g/mol. The van der Waals surface area contributed by atoms with Crippen LogP contribution in [0.5, 0.6) is 11.5 Å². The van der Waals surface area contributed by atoms with Crippen LogP contribution in [0.25, 0.3) is 0 Å². The van der Waals surface area contributed by atoms with Crippen molar-refractivity contribution in [1.82, 2.24) is 0 Å². The van der Waals surface area contributed by atoms with E-state index in [1.165, 1.54) is 0 Å². The van der Waals surface area contributed by atoms with E-state index >= 15 is 0 Å². The molecule has 0 saturated heterocycles. The van der Waals surface area contributed by atoms with Gasteiger partial charge in [-0.1, -0.05) is 30.7 Å². The molecule has 0 aliphatic heterocycles. The third kappa shape index (κ3) is 3.85. The van der Waals surface area contributed by atoms with Gasteiger partial charge in [-0.25, -0.2) is 0 Å². The third-order valence-electron chi connectivity index (χ3n) is 4.19. The van der Waals surface area contributed by atoms with Crippen LogP contribution in [0.2, 0.25) is 0 Å². The summed E-state index contributed by atoms with van der Waals surface area (Å²) in [4.78, 5) is 4.32. The first kappa shape index (κ1) is 15.9. The molecule has 3 N–H and O–H groups in total. The molecule has 0 unspecified atom stereocenters. The molecule has 5 nitrogen and oxygen atoms in total. The number of ether oxygens (including phenoxy) is 1. The van der Waals surface area contributed by atoms with Crippen LogP contribution in [-0.2, 0) is 0 Å². The summed E-state index contributed by atoms with van der Waals surface area (Å²) in [5, 5.41) is 12.3. The van der Waals surface area contributed by atoms with Crippen LogP contribution in [0.1, 0.15) is 19.3 Å². The zero-order chi connectivity index (χ0) is 16.8. The average Bonchev–Trinajstić information content (AvgIpc) is 2.55. The standard InChI is InChI=1S/C19H20N4O/c20-13-19(10-5-11-19)14-22-18(21)23-15-6-4-9-17(12-15)24-16-7-2-1-3-8-16/h1-4,6-9,12H,5,10-11,14H2,(H3,21,22,23). The molecule has 3 rings (SSSR count). The summed E-state index contributed by atoms with van der Waals surface area (Å²) in [6, 6.07) is 19.5. The van der Waals surface area contributed by atoms with Crippen molar-refractivity contribution < 1.29 is 4.74 Å². The lowest BCUT2D eigenvalue weighted by atomic mass is 9.70. The number of nitrogens with zero attached hydrogens (tertiary/aromatic N) is 2. The van der Waals surface area contributed by atoms with Gasteiger partial charge in [0.15, 0.2) is 5.96 Å². The summed E-state index contributed by atoms with van der Waals surface area (Å²) in [6.07, 6.45) is 2.90. The Balaban J connectivity index is 1.63. The van der Waals surface area contributed by atoms with Gasteiger partial charge in [0.05, 0.1) is 18.0 Å². The van der Waals surface area contributed by atoms with E-state index in [0.717, 1.165) is 30.7 Å². The Morgan fingerprint density at radius 3 is 2.58 bits per heavy atom. The van der Waals surface area contributed by atoms with Crippen LogP contribution >= 0.6 is 0 Å². The first-order valence-corrected chi connectivity index (χ1v) is 8.00. The van der Waals surface area contributed by atoms with Gasteiger partial charge in [-0.3, -0.25) is 4.99 Å². The van der Waals surface area contributed by atoms with Crippen LogP contribution in [0.4, 0.5) is 5.69 Å². The fourth-order valence-electron chi connectivity index (χ4n) is 2.59. The molecule has 24 heavy (non-hydrogen) atoms. The van der Waals surface area contributed by atoms with Crippen molar-refractivity contribution in [2.24, 2.45) is 16.1 Å². The zero-order valence-corrected chi connectivity index (χ0v) is 13.4. The van der Waals surface area contributed by atoms with Crippen molar-refractivity contribution in [2.75, 3.05) is 11.9 Å². The number of benzene rings is 2. The lowest BCUT2D eigenvalue weighted by molar-refractivity contribution is 0.226. The van der Waals surface area contributed by atoms with Gasteiger partial charge in [0.25, 0.3) is 0 Å². The highest BCUT2D eigenvalue weighted by Gasteiger charge is 2.36. The molecule has 0 atom stereocenters. The first-order chi connectivity index (χ1) is 11.7. The number of aliphatic imine (C=N–C) groups is 1. The van der Waals surface area contributed by atoms with E-state index in [1.54, 1.807) is 0 Å². The fourth-order valence-corrected chi connectivity index (χ4v) is 2.59. The predicted octanol–water partition coefficient (Wildman–Crippen LogP) is 3.90. The Kier molecular flexibility index (Phi) is 4.66. The Bertz CT molecular complexity index is 760. The van der Waals surface area contributed by atoms with Crippen LogP contribution in [0, 0.1) is 16.7 Å². The number of rotatable bonds is 5. The maximum Gasteiger partial charge on any atom is 0.193 e. The smallest absolute Gasteiger partial charge is 0.193 e. The van der Waals surface area contributed by atoms with E-state index < -0.39 is 0 Å². The maximum atomic E-state index is 9.22. The number of hydrogen-bond donors (Lipinski definition) is 2. The van der Waals surface area contributed by atoms with Crippen molar-refractivity contribution in [2.45, 2.75) is 19.3 Å². The zero-order valence-electron chi connectivity index (χ0n) is 13.4. The van der Waals surface area contributed by atoms with Gasteiger partial charge < -0.3 is 15.8 Å². The van der Waals surface area contributed by atoms with Gasteiger partial charge in [-0.15, -0.1) is 0 Å². The number of anilines is 1. The molecule has 1 fully saturated rings. The molecule has 1 saturated carbocycles. The summed E-state index contributed by atoms with van der Waals surface area (Å²) in [6.45, 7) is 0.447. The van der Waals surface area contributed by atoms with E-state index in [9.17, 15) is 5.26 Å². The molecule has 0 aromatic heterocycles. The second kappa shape index (κ2) is 7.05. The lowest BCUT2D eigenvalue weighted by Crippen LogP contribution is -2.33. The van der Waals surface area contributed by atoms with E-state index in [0.29, 0.717) is 18.3 Å². The van der Waals surface area contributed by atoms with Crippen LogP contribution in [0.15, 0.2) is 59.6 Å². The van der Waals surface area contributed by atoms with E-state index in [-0.39, 0.29) is 5.41 Å². The molecule has 122 valence electrons. The topological polar surface area (TPSA) is 83.4 Å². The highest BCUT2D eigenvalue weighted by Crippen LogP contribution is 2.40. The minimum Gasteiger partial charge on any atom is -0.457 e. The fraction of sp³-hybridized carbons (Fsp3) is 0.263. The predicted molar refractivity (Wildman–Crippen MR) is 95.0 cm³/mol. The number of nitrogens with one attached hydrogen (secondary N) is 1. The van der Waals surface area contributed by atoms with Crippen molar-refractivity contribution in [3.63, 3.8) is 0 Å². The first-order valence-electron chi connectivity index (χ1n) is 8.00. The highest BCUT2D eigenvalue weighted by molar-refractivity contribution is 5.92. The molecule has 1 aliphatic carbocycles. The summed E-state index contributed by atoms with van der Waals surface area (Å²) < 4.78 is 5.79. The molecule has 2 aromatic carbocycles. The SMILES string of the molecule is N#CC1(CN=C(N)Nc2cccc(Oc3ccccc3)c2)CCC1. The molecular formula is C19H20N4O. The van der Waals surface area contributed by atoms with E-state index in [4.69, 9.17) is 10.5 Å². The number of para-hydroxylation sites is 1. The van der Waals surface area contributed by atoms with Crippen LogP contribution < -0.4 is 15.8 Å². The summed E-state index contributed by atoms with van der Waals surface area (Å²) in [7, 11) is 0. The molecule has 0 heterocycles. The summed E-state index contributed by atoms with van der Waals surface area (Å²) >= 11 is 0. The molecule has 5 heteroatoms. The number of nitrogens with two attached hydrogens (primary N) is 1. The Morgan fingerprint density at radius 1 is 1.17 bits per heavy atom. The monoisotopic (exact) mass is 320 g/mol. The largest absolute Gasteiger partial charge is 0.457 e. The minimum atomic E-state index is -0.315. The Morgan fingerprint density at radius 2 is 1.92 bits per heavy atom. The Hall–Kier alpha value is -3.00. The van der Waals surface area contributed by atoms with Crippen LogP contribution in [0.3, 0.4) is 0 Å². The molecule has 2 aromatic rings. The maximum absolute atomic E-state index is 9.22. The lowest BCUT2D eigenvalue weighted by Gasteiger charge is -2.33. The minimum absolute atomic E-state index is 0.313. The number of hydrogen-bond acceptors (Lipinski definition) is 3. The molecule has 0 radical (unpaired) electrons.